The van der Waals surface area contributed by atoms with Gasteiger partial charge in [0.15, 0.2) is 0 Å². The zero-order chi connectivity index (χ0) is 19.7. The predicted molar refractivity (Wildman–Crippen MR) is 105 cm³/mol. The molecule has 3 rings (SSSR count). The van der Waals surface area contributed by atoms with E-state index in [1.807, 2.05) is 11.0 Å². The van der Waals surface area contributed by atoms with E-state index < -0.39 is 12.1 Å². The maximum absolute atomic E-state index is 11.4. The number of carbonyl (C=O) groups is 1. The average Bonchev–Trinajstić information content (AvgIpc) is 2.62. The third-order valence-corrected chi connectivity index (χ3v) is 5.91. The Kier molecular flexibility index (Phi) is 5.61. The molecule has 2 heterocycles. The number of nitriles is 2. The third-order valence-electron chi connectivity index (χ3n) is 4.44. The fourth-order valence-electron chi connectivity index (χ4n) is 3.23. The van der Waals surface area contributed by atoms with Crippen LogP contribution in [0, 0.1) is 22.7 Å². The first-order valence-electron chi connectivity index (χ1n) is 7.87. The van der Waals surface area contributed by atoms with Crippen molar-refractivity contribution in [2.45, 2.75) is 12.5 Å². The van der Waals surface area contributed by atoms with E-state index in [0.717, 1.165) is 0 Å². The van der Waals surface area contributed by atoms with Crippen molar-refractivity contribution in [1.82, 2.24) is 9.88 Å². The molecule has 1 N–H and O–H groups in total. The van der Waals surface area contributed by atoms with E-state index in [4.69, 9.17) is 28.5 Å². The van der Waals surface area contributed by atoms with Crippen LogP contribution in [0.5, 0.6) is 0 Å². The summed E-state index contributed by atoms with van der Waals surface area (Å²) in [6.45, 7) is 0.821. The minimum Gasteiger partial charge on any atom is -0.465 e. The molecule has 0 saturated carbocycles. The normalized spacial score (nSPS) is 16.9. The molecule has 1 fully saturated rings. The van der Waals surface area contributed by atoms with E-state index in [1.165, 1.54) is 4.90 Å². The van der Waals surface area contributed by atoms with E-state index in [-0.39, 0.29) is 30.2 Å². The molecule has 1 atom stereocenters. The molecule has 27 heavy (non-hydrogen) atoms. The molecule has 1 aromatic heterocycles. The Labute approximate surface area is 173 Å². The smallest absolute Gasteiger partial charge is 0.407 e. The number of fused-ring (bicyclic) bond motifs is 1. The van der Waals surface area contributed by atoms with Crippen molar-refractivity contribution in [3.8, 4) is 12.1 Å². The van der Waals surface area contributed by atoms with Crippen molar-refractivity contribution in [2.24, 2.45) is 0 Å². The summed E-state index contributed by atoms with van der Waals surface area (Å²) < 4.78 is 0.647. The Bertz CT molecular complexity index is 1020. The van der Waals surface area contributed by atoms with Gasteiger partial charge in [0.25, 0.3) is 0 Å². The number of hydrogen-bond acceptors (Lipinski definition) is 5. The molecule has 1 aliphatic heterocycles. The van der Waals surface area contributed by atoms with Gasteiger partial charge in [0.1, 0.15) is 16.8 Å². The highest BCUT2D eigenvalue weighted by molar-refractivity contribution is 9.10. The van der Waals surface area contributed by atoms with E-state index >= 15 is 0 Å². The predicted octanol–water partition coefficient (Wildman–Crippen LogP) is 4.26. The molecule has 0 spiro atoms. The first-order chi connectivity index (χ1) is 12.9. The summed E-state index contributed by atoms with van der Waals surface area (Å²) in [5, 5.41) is 29.2. The Morgan fingerprint density at radius 2 is 2.11 bits per heavy atom. The van der Waals surface area contributed by atoms with Crippen molar-refractivity contribution >= 4 is 61.8 Å². The summed E-state index contributed by atoms with van der Waals surface area (Å²) in [6, 6.07) is 7.01. The Balaban J connectivity index is 2.16. The fourth-order valence-corrected chi connectivity index (χ4v) is 3.95. The van der Waals surface area contributed by atoms with Crippen LogP contribution in [0.3, 0.4) is 0 Å². The van der Waals surface area contributed by atoms with E-state index in [1.54, 1.807) is 12.1 Å². The minimum absolute atomic E-state index is 0.0493. The highest BCUT2D eigenvalue weighted by Crippen LogP contribution is 2.38. The number of rotatable bonds is 2. The maximum Gasteiger partial charge on any atom is 0.407 e. The number of amides is 1. The average molecular weight is 469 g/mol. The molecular formula is C17H12BrCl2N5O2. The molecule has 2 aromatic rings. The molecule has 1 unspecified atom stereocenters. The van der Waals surface area contributed by atoms with Gasteiger partial charge in [-0.2, -0.15) is 10.5 Å². The molecule has 1 saturated heterocycles. The summed E-state index contributed by atoms with van der Waals surface area (Å²) >= 11 is 15.8. The number of pyridine rings is 1. The highest BCUT2D eigenvalue weighted by atomic mass is 79.9. The zero-order valence-corrected chi connectivity index (χ0v) is 16.9. The summed E-state index contributed by atoms with van der Waals surface area (Å²) in [5.41, 5.74) is 1.31. The number of piperazine rings is 1. The van der Waals surface area contributed by atoms with Gasteiger partial charge in [0.2, 0.25) is 0 Å². The van der Waals surface area contributed by atoms with Crippen LogP contribution >= 0.6 is 39.1 Å². The SMILES string of the molecule is N#CCC1CN(c2c(C#N)c(Cl)nc3cc(Br)c(Cl)cc23)CCN1C(=O)O. The van der Waals surface area contributed by atoms with Gasteiger partial charge in [0, 0.05) is 29.5 Å². The van der Waals surface area contributed by atoms with Crippen LogP contribution in [0.2, 0.25) is 10.2 Å². The lowest BCUT2D eigenvalue weighted by Gasteiger charge is -2.40. The second-order valence-corrected chi connectivity index (χ2v) is 7.58. The van der Waals surface area contributed by atoms with Gasteiger partial charge < -0.3 is 14.9 Å². The molecule has 0 radical (unpaired) electrons. The van der Waals surface area contributed by atoms with Crippen molar-refractivity contribution in [3.63, 3.8) is 0 Å². The monoisotopic (exact) mass is 467 g/mol. The number of benzene rings is 1. The standard InChI is InChI=1S/C17H12BrCl2N5O2/c18-12-6-14-10(5-13(12)19)15(11(7-22)16(20)23-14)24-3-4-25(17(26)27)9(8-24)1-2-21/h5-6,9H,1,3-4,8H2,(H,26,27). The lowest BCUT2D eigenvalue weighted by Crippen LogP contribution is -2.55. The van der Waals surface area contributed by atoms with Crippen molar-refractivity contribution in [1.29, 1.82) is 10.5 Å². The molecule has 7 nitrogen and oxygen atoms in total. The molecule has 0 aliphatic carbocycles. The van der Waals surface area contributed by atoms with Crippen LogP contribution in [-0.2, 0) is 0 Å². The van der Waals surface area contributed by atoms with Crippen LogP contribution < -0.4 is 4.90 Å². The Hall–Kier alpha value is -2.26. The fraction of sp³-hybridized carbons (Fsp3) is 0.294. The molecule has 1 aliphatic rings. The van der Waals surface area contributed by atoms with E-state index in [2.05, 4.69) is 27.0 Å². The number of nitrogens with zero attached hydrogens (tertiary/aromatic N) is 5. The van der Waals surface area contributed by atoms with Crippen LogP contribution in [-0.4, -0.2) is 46.8 Å². The van der Waals surface area contributed by atoms with Gasteiger partial charge in [0.05, 0.1) is 34.8 Å². The van der Waals surface area contributed by atoms with Crippen LogP contribution in [0.1, 0.15) is 12.0 Å². The summed E-state index contributed by atoms with van der Waals surface area (Å²) in [6.07, 6.45) is -1.02. The molecule has 0 bridgehead atoms. The third kappa shape index (κ3) is 3.61. The first kappa shape index (κ1) is 19.5. The molecule has 1 aromatic carbocycles. The number of carboxylic acid groups (broad SMARTS) is 1. The lowest BCUT2D eigenvalue weighted by atomic mass is 10.0. The number of halogens is 3. The van der Waals surface area contributed by atoms with Crippen molar-refractivity contribution in [3.05, 3.63) is 32.3 Å². The number of hydrogen-bond donors (Lipinski definition) is 1. The largest absolute Gasteiger partial charge is 0.465 e. The van der Waals surface area contributed by atoms with Gasteiger partial charge in [-0.1, -0.05) is 23.2 Å². The Morgan fingerprint density at radius 3 is 2.74 bits per heavy atom. The van der Waals surface area contributed by atoms with E-state index in [0.29, 0.717) is 32.6 Å². The second kappa shape index (κ2) is 7.77. The van der Waals surface area contributed by atoms with Crippen LogP contribution in [0.25, 0.3) is 10.9 Å². The van der Waals surface area contributed by atoms with Crippen LogP contribution in [0.4, 0.5) is 10.5 Å². The Morgan fingerprint density at radius 1 is 1.37 bits per heavy atom. The second-order valence-electron chi connectivity index (χ2n) is 5.96. The molecule has 1 amide bonds. The summed E-state index contributed by atoms with van der Waals surface area (Å²) in [4.78, 5) is 18.8. The van der Waals surface area contributed by atoms with Gasteiger partial charge >= 0.3 is 6.09 Å². The van der Waals surface area contributed by atoms with Gasteiger partial charge in [-0.15, -0.1) is 0 Å². The molecule has 138 valence electrons. The zero-order valence-electron chi connectivity index (χ0n) is 13.8. The number of anilines is 1. The quantitative estimate of drug-likeness (QED) is 0.660. The summed E-state index contributed by atoms with van der Waals surface area (Å²) in [7, 11) is 0. The van der Waals surface area contributed by atoms with Gasteiger partial charge in [-0.3, -0.25) is 0 Å². The lowest BCUT2D eigenvalue weighted by molar-refractivity contribution is 0.119. The van der Waals surface area contributed by atoms with Crippen LogP contribution in [0.15, 0.2) is 16.6 Å². The maximum atomic E-state index is 11.4. The van der Waals surface area contributed by atoms with E-state index in [9.17, 15) is 15.2 Å². The van der Waals surface area contributed by atoms with Crippen molar-refractivity contribution in [2.75, 3.05) is 24.5 Å². The number of aromatic nitrogens is 1. The van der Waals surface area contributed by atoms with Gasteiger partial charge in [-0.25, -0.2) is 9.78 Å². The highest BCUT2D eigenvalue weighted by Gasteiger charge is 2.32. The topological polar surface area (TPSA) is 104 Å². The molecular weight excluding hydrogens is 457 g/mol. The summed E-state index contributed by atoms with van der Waals surface area (Å²) in [5.74, 6) is 0. The minimum atomic E-state index is -1.07. The van der Waals surface area contributed by atoms with Crippen molar-refractivity contribution < 1.29 is 9.90 Å². The first-order valence-corrected chi connectivity index (χ1v) is 9.42. The van der Waals surface area contributed by atoms with Gasteiger partial charge in [-0.05, 0) is 28.1 Å². The molecule has 10 heteroatoms.